The Labute approximate surface area is 204 Å². The van der Waals surface area contributed by atoms with Crippen LogP contribution in [0.1, 0.15) is 53.6 Å². The molecule has 2 heterocycles. The van der Waals surface area contributed by atoms with Crippen LogP contribution in [0.15, 0.2) is 48.5 Å². The Morgan fingerprint density at radius 1 is 0.971 bits per heavy atom. The lowest BCUT2D eigenvalue weighted by molar-refractivity contribution is -0.137. The van der Waals surface area contributed by atoms with E-state index in [0.29, 0.717) is 37.6 Å². The molecule has 0 bridgehead atoms. The molecule has 0 radical (unpaired) electrons. The van der Waals surface area contributed by atoms with Crippen LogP contribution in [0, 0.1) is 0 Å². The maximum atomic E-state index is 13.5. The Hall–Kier alpha value is -2.58. The number of carbonyl (C=O) groups excluding carboxylic acids is 1. The summed E-state index contributed by atoms with van der Waals surface area (Å²) in [7, 11) is 1.71. The van der Waals surface area contributed by atoms with Crippen LogP contribution in [-0.4, -0.2) is 61.2 Å². The van der Waals surface area contributed by atoms with Gasteiger partial charge in [0.2, 0.25) is 0 Å². The van der Waals surface area contributed by atoms with Crippen LogP contribution in [0.25, 0.3) is 0 Å². The number of rotatable bonds is 3. The summed E-state index contributed by atoms with van der Waals surface area (Å²) in [5.74, 6) is 0.540. The van der Waals surface area contributed by atoms with E-state index in [1.165, 1.54) is 0 Å². The van der Waals surface area contributed by atoms with Crippen LogP contribution in [0.3, 0.4) is 0 Å². The second-order valence-corrected chi connectivity index (χ2v) is 9.29. The number of para-hydroxylation sites is 1. The van der Waals surface area contributed by atoms with Gasteiger partial charge in [0.25, 0.3) is 5.91 Å². The molecule has 4 rings (SSSR count). The van der Waals surface area contributed by atoms with Gasteiger partial charge in [-0.3, -0.25) is 9.69 Å². The van der Waals surface area contributed by atoms with Gasteiger partial charge in [0.15, 0.2) is 0 Å². The summed E-state index contributed by atoms with van der Waals surface area (Å²) >= 11 is 0. The first-order chi connectivity index (χ1) is 16.9. The van der Waals surface area contributed by atoms with Crippen molar-refractivity contribution in [2.24, 2.45) is 0 Å². The van der Waals surface area contributed by atoms with Crippen molar-refractivity contribution in [2.75, 3.05) is 33.4 Å². The van der Waals surface area contributed by atoms with E-state index in [9.17, 15) is 18.0 Å². The highest BCUT2D eigenvalue weighted by molar-refractivity contribution is 5.97. The number of carbonyl (C=O) groups is 1. The summed E-state index contributed by atoms with van der Waals surface area (Å²) in [6, 6.07) is 12.7. The van der Waals surface area contributed by atoms with Crippen molar-refractivity contribution in [2.45, 2.75) is 57.0 Å². The van der Waals surface area contributed by atoms with E-state index in [2.05, 4.69) is 4.90 Å². The number of alkyl halides is 3. The van der Waals surface area contributed by atoms with E-state index in [1.54, 1.807) is 19.2 Å². The molecule has 0 aliphatic carbocycles. The van der Waals surface area contributed by atoms with E-state index in [4.69, 9.17) is 9.47 Å². The number of piperidine rings is 1. The van der Waals surface area contributed by atoms with E-state index < -0.39 is 11.7 Å². The number of halogens is 3. The molecule has 2 aromatic carbocycles. The maximum Gasteiger partial charge on any atom is 0.416 e. The zero-order valence-electron chi connectivity index (χ0n) is 20.1. The van der Waals surface area contributed by atoms with Crippen molar-refractivity contribution in [1.82, 2.24) is 9.80 Å². The molecule has 2 aromatic rings. The number of nitrogens with zero attached hydrogens (tertiary/aromatic N) is 2. The standard InChI is InChI=1S/C27H33F3N2O3/c1-34-25-10-6-16-32-23(25)8-4-5-15-31(19-20-11-13-21(14-12-20)27(28,29)30)17-18-35-24-9-3-2-7-22(24)26(32)33/h2-3,7,9,11-14,23,25H,4-6,8,10,15-19H2,1H3/t23-,25-/m0/s1. The molecule has 1 amide bonds. The van der Waals surface area contributed by atoms with Gasteiger partial charge in [-0.15, -0.1) is 0 Å². The summed E-state index contributed by atoms with van der Waals surface area (Å²) in [5.41, 5.74) is 0.749. The lowest BCUT2D eigenvalue weighted by atomic mass is 9.93. The normalized spacial score (nSPS) is 22.7. The highest BCUT2D eigenvalue weighted by atomic mass is 19.4. The Bertz CT molecular complexity index is 980. The molecule has 0 spiro atoms. The van der Waals surface area contributed by atoms with Gasteiger partial charge < -0.3 is 14.4 Å². The van der Waals surface area contributed by atoms with Crippen molar-refractivity contribution in [3.05, 3.63) is 65.2 Å². The third-order valence-electron chi connectivity index (χ3n) is 6.97. The lowest BCUT2D eigenvalue weighted by Gasteiger charge is -2.41. The zero-order chi connectivity index (χ0) is 24.8. The Balaban J connectivity index is 1.52. The van der Waals surface area contributed by atoms with Gasteiger partial charge in [-0.2, -0.15) is 13.2 Å². The summed E-state index contributed by atoms with van der Waals surface area (Å²) in [5, 5.41) is 0. The van der Waals surface area contributed by atoms with Gasteiger partial charge in [0, 0.05) is 26.7 Å². The number of hydrogen-bond donors (Lipinski definition) is 0. The van der Waals surface area contributed by atoms with Crippen molar-refractivity contribution in [3.63, 3.8) is 0 Å². The average Bonchev–Trinajstić information content (AvgIpc) is 2.86. The van der Waals surface area contributed by atoms with Crippen molar-refractivity contribution in [3.8, 4) is 5.75 Å². The van der Waals surface area contributed by atoms with E-state index >= 15 is 0 Å². The third-order valence-corrected chi connectivity index (χ3v) is 6.97. The van der Waals surface area contributed by atoms with Gasteiger partial charge >= 0.3 is 6.18 Å². The molecule has 2 aliphatic heterocycles. The molecule has 1 saturated heterocycles. The number of benzene rings is 2. The minimum atomic E-state index is -4.34. The molecular weight excluding hydrogens is 457 g/mol. The molecule has 0 aromatic heterocycles. The van der Waals surface area contributed by atoms with Crippen molar-refractivity contribution >= 4 is 5.91 Å². The quantitative estimate of drug-likeness (QED) is 0.579. The molecular formula is C27H33F3N2O3. The summed E-state index contributed by atoms with van der Waals surface area (Å²) in [6.45, 7) is 3.03. The largest absolute Gasteiger partial charge is 0.491 e. The number of ether oxygens (including phenoxy) is 2. The Morgan fingerprint density at radius 3 is 2.49 bits per heavy atom. The molecule has 0 unspecified atom stereocenters. The van der Waals surface area contributed by atoms with Gasteiger partial charge in [0.1, 0.15) is 12.4 Å². The molecule has 2 aliphatic rings. The summed E-state index contributed by atoms with van der Waals surface area (Å²) in [4.78, 5) is 17.7. The fourth-order valence-corrected chi connectivity index (χ4v) is 5.12. The smallest absolute Gasteiger partial charge is 0.416 e. The molecule has 2 atom stereocenters. The van der Waals surface area contributed by atoms with Crippen LogP contribution in [-0.2, 0) is 17.5 Å². The monoisotopic (exact) mass is 490 g/mol. The lowest BCUT2D eigenvalue weighted by Crippen LogP contribution is -2.51. The maximum absolute atomic E-state index is 13.5. The molecule has 1 fully saturated rings. The van der Waals surface area contributed by atoms with E-state index in [1.807, 2.05) is 29.2 Å². The first-order valence-electron chi connectivity index (χ1n) is 12.3. The van der Waals surface area contributed by atoms with E-state index in [-0.39, 0.29) is 18.1 Å². The molecule has 190 valence electrons. The second kappa shape index (κ2) is 11.4. The van der Waals surface area contributed by atoms with Crippen LogP contribution in [0.4, 0.5) is 13.2 Å². The minimum Gasteiger partial charge on any atom is -0.491 e. The molecule has 5 nitrogen and oxygen atoms in total. The van der Waals surface area contributed by atoms with Crippen LogP contribution < -0.4 is 4.74 Å². The highest BCUT2D eigenvalue weighted by Gasteiger charge is 2.35. The number of methoxy groups -OCH3 is 1. The Kier molecular flexibility index (Phi) is 8.34. The average molecular weight is 491 g/mol. The topological polar surface area (TPSA) is 42.0 Å². The highest BCUT2D eigenvalue weighted by Crippen LogP contribution is 2.30. The fourth-order valence-electron chi connectivity index (χ4n) is 5.12. The predicted octanol–water partition coefficient (Wildman–Crippen LogP) is 5.39. The van der Waals surface area contributed by atoms with Gasteiger partial charge in [-0.05, 0) is 62.1 Å². The number of fused-ring (bicyclic) bond motifs is 2. The van der Waals surface area contributed by atoms with Gasteiger partial charge in [-0.1, -0.05) is 30.7 Å². The van der Waals surface area contributed by atoms with Gasteiger partial charge in [-0.25, -0.2) is 0 Å². The number of hydrogen-bond acceptors (Lipinski definition) is 4. The van der Waals surface area contributed by atoms with Crippen LogP contribution >= 0.6 is 0 Å². The Morgan fingerprint density at radius 2 is 1.74 bits per heavy atom. The van der Waals surface area contributed by atoms with Crippen LogP contribution in [0.5, 0.6) is 5.75 Å². The summed E-state index contributed by atoms with van der Waals surface area (Å²) < 4.78 is 50.6. The first-order valence-corrected chi connectivity index (χ1v) is 12.3. The second-order valence-electron chi connectivity index (χ2n) is 9.29. The van der Waals surface area contributed by atoms with Crippen LogP contribution in [0.2, 0.25) is 0 Å². The third kappa shape index (κ3) is 6.35. The zero-order valence-corrected chi connectivity index (χ0v) is 20.1. The van der Waals surface area contributed by atoms with Gasteiger partial charge in [0.05, 0.1) is 23.3 Å². The molecule has 8 heteroatoms. The van der Waals surface area contributed by atoms with Crippen molar-refractivity contribution < 1.29 is 27.4 Å². The van der Waals surface area contributed by atoms with E-state index in [0.717, 1.165) is 56.3 Å². The number of amides is 1. The predicted molar refractivity (Wildman–Crippen MR) is 127 cm³/mol. The minimum absolute atomic E-state index is 0.00848. The molecule has 0 N–H and O–H groups in total. The summed E-state index contributed by atoms with van der Waals surface area (Å²) in [6.07, 6.45) is 0.211. The fraction of sp³-hybridized carbons (Fsp3) is 0.519. The first kappa shape index (κ1) is 25.5. The molecule has 35 heavy (non-hydrogen) atoms. The SMILES string of the molecule is CO[C@H]1CCCN2C(=O)c3ccccc3OCCN(Cc3ccc(C(F)(F)F)cc3)CCCC[C@@H]12. The van der Waals surface area contributed by atoms with Crippen molar-refractivity contribution in [1.29, 1.82) is 0 Å². The molecule has 0 saturated carbocycles.